The fourth-order valence-electron chi connectivity index (χ4n) is 3.94. The molecule has 2 nitrogen and oxygen atoms in total. The Morgan fingerprint density at radius 3 is 2.71 bits per heavy atom. The van der Waals surface area contributed by atoms with E-state index in [-0.39, 0.29) is 0 Å². The summed E-state index contributed by atoms with van der Waals surface area (Å²) in [6, 6.07) is 0.719. The van der Waals surface area contributed by atoms with Crippen LogP contribution < -0.4 is 5.32 Å². The normalized spacial score (nSPS) is 33.2. The third kappa shape index (κ3) is 3.45. The number of nitrogens with one attached hydrogen (secondary N) is 1. The van der Waals surface area contributed by atoms with E-state index >= 15 is 0 Å². The van der Waals surface area contributed by atoms with Crippen molar-refractivity contribution in [2.75, 3.05) is 19.8 Å². The number of rotatable bonds is 8. The Hall–Kier alpha value is -0.0800. The van der Waals surface area contributed by atoms with E-state index in [9.17, 15) is 0 Å². The minimum Gasteiger partial charge on any atom is -0.382 e. The Bertz CT molecular complexity index is 219. The van der Waals surface area contributed by atoms with E-state index < -0.39 is 0 Å². The summed E-state index contributed by atoms with van der Waals surface area (Å²) in [5.41, 5.74) is 0. The lowest BCUT2D eigenvalue weighted by Crippen LogP contribution is -2.40. The fraction of sp³-hybridized carbons (Fsp3) is 1.00. The summed E-state index contributed by atoms with van der Waals surface area (Å²) in [6.07, 6.45) is 8.46. The fourth-order valence-corrected chi connectivity index (χ4v) is 3.94. The van der Waals surface area contributed by atoms with Gasteiger partial charge in [-0.05, 0) is 63.3 Å². The molecule has 100 valence electrons. The van der Waals surface area contributed by atoms with Crippen LogP contribution in [0.3, 0.4) is 0 Å². The Morgan fingerprint density at radius 1 is 1.24 bits per heavy atom. The van der Waals surface area contributed by atoms with Crippen LogP contribution in [0.2, 0.25) is 0 Å². The van der Waals surface area contributed by atoms with Crippen molar-refractivity contribution in [2.24, 2.45) is 17.8 Å². The van der Waals surface area contributed by atoms with Crippen molar-refractivity contribution >= 4 is 0 Å². The van der Waals surface area contributed by atoms with Gasteiger partial charge in [0.15, 0.2) is 0 Å². The molecular formula is C15H29NO. The summed E-state index contributed by atoms with van der Waals surface area (Å²) in [7, 11) is 0. The Kier molecular flexibility index (Phi) is 5.30. The van der Waals surface area contributed by atoms with Crippen LogP contribution in [-0.4, -0.2) is 25.8 Å². The van der Waals surface area contributed by atoms with Crippen LogP contribution in [0.4, 0.5) is 0 Å². The minimum absolute atomic E-state index is 0.719. The van der Waals surface area contributed by atoms with Gasteiger partial charge in [-0.25, -0.2) is 0 Å². The van der Waals surface area contributed by atoms with E-state index in [0.717, 1.165) is 37.0 Å². The highest BCUT2D eigenvalue weighted by atomic mass is 16.5. The van der Waals surface area contributed by atoms with Gasteiger partial charge < -0.3 is 10.1 Å². The second kappa shape index (κ2) is 6.75. The lowest BCUT2D eigenvalue weighted by molar-refractivity contribution is 0.120. The van der Waals surface area contributed by atoms with Crippen LogP contribution in [-0.2, 0) is 4.74 Å². The van der Waals surface area contributed by atoms with E-state index in [1.807, 2.05) is 0 Å². The lowest BCUT2D eigenvalue weighted by atomic mass is 9.82. The van der Waals surface area contributed by atoms with Gasteiger partial charge in [-0.15, -0.1) is 0 Å². The molecule has 2 heteroatoms. The molecule has 0 aliphatic heterocycles. The van der Waals surface area contributed by atoms with Crippen molar-refractivity contribution in [1.29, 1.82) is 0 Å². The molecule has 0 saturated heterocycles. The molecule has 0 aromatic rings. The maximum Gasteiger partial charge on any atom is 0.0480 e. The van der Waals surface area contributed by atoms with E-state index in [1.54, 1.807) is 0 Å². The van der Waals surface area contributed by atoms with Gasteiger partial charge in [0.1, 0.15) is 0 Å². The molecule has 2 aliphatic rings. The van der Waals surface area contributed by atoms with Crippen molar-refractivity contribution in [3.05, 3.63) is 0 Å². The summed E-state index contributed by atoms with van der Waals surface area (Å²) in [5.74, 6) is 3.03. The van der Waals surface area contributed by atoms with Gasteiger partial charge in [0.2, 0.25) is 0 Å². The molecule has 2 aliphatic carbocycles. The summed E-state index contributed by atoms with van der Waals surface area (Å²) in [6.45, 7) is 7.31. The molecule has 17 heavy (non-hydrogen) atoms. The monoisotopic (exact) mass is 239 g/mol. The van der Waals surface area contributed by atoms with Gasteiger partial charge >= 0.3 is 0 Å². The largest absolute Gasteiger partial charge is 0.382 e. The topological polar surface area (TPSA) is 21.3 Å². The van der Waals surface area contributed by atoms with Crippen molar-refractivity contribution in [1.82, 2.24) is 5.32 Å². The maximum absolute atomic E-state index is 5.54. The number of hydrogen-bond donors (Lipinski definition) is 1. The Balaban J connectivity index is 1.81. The zero-order valence-electron chi connectivity index (χ0n) is 11.6. The molecule has 0 aromatic carbocycles. The van der Waals surface area contributed by atoms with Crippen molar-refractivity contribution in [2.45, 2.75) is 58.4 Å². The summed E-state index contributed by atoms with van der Waals surface area (Å²) in [4.78, 5) is 0. The van der Waals surface area contributed by atoms with Gasteiger partial charge in [0, 0.05) is 19.3 Å². The molecule has 1 N–H and O–H groups in total. The van der Waals surface area contributed by atoms with Crippen molar-refractivity contribution in [3.63, 3.8) is 0 Å². The van der Waals surface area contributed by atoms with Crippen LogP contribution in [0.5, 0.6) is 0 Å². The van der Waals surface area contributed by atoms with E-state index in [1.165, 1.54) is 45.1 Å². The molecule has 2 rings (SSSR count). The molecule has 0 aromatic heterocycles. The smallest absolute Gasteiger partial charge is 0.0480 e. The highest BCUT2D eigenvalue weighted by molar-refractivity contribution is 4.95. The zero-order chi connectivity index (χ0) is 12.1. The zero-order valence-corrected chi connectivity index (χ0v) is 11.6. The molecule has 0 heterocycles. The predicted octanol–water partition coefficient (Wildman–Crippen LogP) is 3.22. The molecule has 2 fully saturated rings. The minimum atomic E-state index is 0.719. The van der Waals surface area contributed by atoms with E-state index in [0.29, 0.717) is 0 Å². The van der Waals surface area contributed by atoms with Crippen LogP contribution in [0.15, 0.2) is 0 Å². The van der Waals surface area contributed by atoms with E-state index in [2.05, 4.69) is 19.2 Å². The SMILES string of the molecule is CCCNC(CCOCC)C1CC2CCC1C2. The predicted molar refractivity (Wildman–Crippen MR) is 72.1 cm³/mol. The Morgan fingerprint density at radius 2 is 2.12 bits per heavy atom. The van der Waals surface area contributed by atoms with Crippen molar-refractivity contribution in [3.8, 4) is 0 Å². The average Bonchev–Trinajstić information content (AvgIpc) is 2.95. The molecule has 2 saturated carbocycles. The second-order valence-corrected chi connectivity index (χ2v) is 5.88. The first-order valence-corrected chi connectivity index (χ1v) is 7.66. The highest BCUT2D eigenvalue weighted by Crippen LogP contribution is 2.49. The third-order valence-electron chi connectivity index (χ3n) is 4.74. The molecule has 4 atom stereocenters. The molecular weight excluding hydrogens is 210 g/mol. The first kappa shape index (κ1) is 13.4. The summed E-state index contributed by atoms with van der Waals surface area (Å²) >= 11 is 0. The van der Waals surface area contributed by atoms with Crippen LogP contribution in [0.1, 0.15) is 52.4 Å². The number of fused-ring (bicyclic) bond motifs is 2. The van der Waals surface area contributed by atoms with Crippen LogP contribution in [0.25, 0.3) is 0 Å². The summed E-state index contributed by atoms with van der Waals surface area (Å²) in [5, 5.41) is 3.78. The molecule has 4 unspecified atom stereocenters. The first-order chi connectivity index (χ1) is 8.35. The highest BCUT2D eigenvalue weighted by Gasteiger charge is 2.42. The van der Waals surface area contributed by atoms with Gasteiger partial charge in [0.25, 0.3) is 0 Å². The van der Waals surface area contributed by atoms with Gasteiger partial charge in [-0.2, -0.15) is 0 Å². The first-order valence-electron chi connectivity index (χ1n) is 7.66. The second-order valence-electron chi connectivity index (χ2n) is 5.88. The van der Waals surface area contributed by atoms with E-state index in [4.69, 9.17) is 4.74 Å². The quantitative estimate of drug-likeness (QED) is 0.657. The molecule has 2 bridgehead atoms. The standard InChI is InChI=1S/C15H29NO/c1-3-8-16-15(7-9-17-4-2)14-11-12-5-6-13(14)10-12/h12-16H,3-11H2,1-2H3. The van der Waals surface area contributed by atoms with Gasteiger partial charge in [-0.1, -0.05) is 13.3 Å². The van der Waals surface area contributed by atoms with Gasteiger partial charge in [0.05, 0.1) is 0 Å². The van der Waals surface area contributed by atoms with Crippen LogP contribution >= 0.6 is 0 Å². The molecule has 0 amide bonds. The Labute approximate surface area is 107 Å². The average molecular weight is 239 g/mol. The van der Waals surface area contributed by atoms with Crippen molar-refractivity contribution < 1.29 is 4.74 Å². The number of ether oxygens (including phenoxy) is 1. The van der Waals surface area contributed by atoms with Gasteiger partial charge in [-0.3, -0.25) is 0 Å². The molecule has 0 spiro atoms. The third-order valence-corrected chi connectivity index (χ3v) is 4.74. The number of hydrogen-bond acceptors (Lipinski definition) is 2. The molecule has 0 radical (unpaired) electrons. The lowest BCUT2D eigenvalue weighted by Gasteiger charge is -2.31. The van der Waals surface area contributed by atoms with Crippen LogP contribution in [0, 0.1) is 17.8 Å². The maximum atomic E-state index is 5.54. The summed E-state index contributed by atoms with van der Waals surface area (Å²) < 4.78 is 5.54.